The smallest absolute Gasteiger partial charge is 0.119 e. The molecule has 2 aliphatic heterocycles. The number of hydrogen-bond donors (Lipinski definition) is 0. The Hall–Kier alpha value is -1.26. The van der Waals surface area contributed by atoms with E-state index in [2.05, 4.69) is 17.0 Å². The van der Waals surface area contributed by atoms with E-state index < -0.39 is 0 Å². The van der Waals surface area contributed by atoms with Gasteiger partial charge < -0.3 is 19.1 Å². The van der Waals surface area contributed by atoms with Gasteiger partial charge in [-0.15, -0.1) is 0 Å². The molecule has 92 valence electrons. The lowest BCUT2D eigenvalue weighted by Gasteiger charge is -2.23. The SMILES string of the molecule is COc1ccc(N(CC2CO2)CC2CO2)cc1. The maximum Gasteiger partial charge on any atom is 0.119 e. The second kappa shape index (κ2) is 4.55. The van der Waals surface area contributed by atoms with E-state index >= 15 is 0 Å². The van der Waals surface area contributed by atoms with Crippen LogP contribution < -0.4 is 9.64 Å². The molecule has 0 spiro atoms. The van der Waals surface area contributed by atoms with Gasteiger partial charge in [-0.05, 0) is 24.3 Å². The first-order valence-corrected chi connectivity index (χ1v) is 5.97. The first-order valence-electron chi connectivity index (χ1n) is 5.97. The second-order valence-corrected chi connectivity index (χ2v) is 4.51. The topological polar surface area (TPSA) is 37.5 Å². The summed E-state index contributed by atoms with van der Waals surface area (Å²) in [4.78, 5) is 2.33. The molecule has 2 heterocycles. The maximum absolute atomic E-state index is 5.30. The number of hydrogen-bond acceptors (Lipinski definition) is 4. The molecule has 3 rings (SSSR count). The second-order valence-electron chi connectivity index (χ2n) is 4.51. The van der Waals surface area contributed by atoms with Gasteiger partial charge in [0.15, 0.2) is 0 Å². The van der Waals surface area contributed by atoms with Crippen molar-refractivity contribution in [2.45, 2.75) is 12.2 Å². The van der Waals surface area contributed by atoms with Gasteiger partial charge in [-0.1, -0.05) is 0 Å². The summed E-state index contributed by atoms with van der Waals surface area (Å²) in [7, 11) is 1.68. The van der Waals surface area contributed by atoms with E-state index in [1.54, 1.807) is 7.11 Å². The van der Waals surface area contributed by atoms with Crippen molar-refractivity contribution < 1.29 is 14.2 Å². The van der Waals surface area contributed by atoms with Crippen molar-refractivity contribution in [3.8, 4) is 5.75 Å². The molecule has 2 atom stereocenters. The molecule has 2 aliphatic rings. The van der Waals surface area contributed by atoms with E-state index in [0.717, 1.165) is 32.1 Å². The Bertz CT molecular complexity index is 357. The minimum Gasteiger partial charge on any atom is -0.497 e. The highest BCUT2D eigenvalue weighted by atomic mass is 16.6. The predicted molar refractivity (Wildman–Crippen MR) is 64.7 cm³/mol. The average molecular weight is 235 g/mol. The molecule has 0 radical (unpaired) electrons. The lowest BCUT2D eigenvalue weighted by molar-refractivity contribution is 0.389. The van der Waals surface area contributed by atoms with Gasteiger partial charge in [0.2, 0.25) is 0 Å². The number of epoxide rings is 2. The van der Waals surface area contributed by atoms with Crippen LogP contribution in [0.25, 0.3) is 0 Å². The zero-order valence-corrected chi connectivity index (χ0v) is 9.96. The van der Waals surface area contributed by atoms with E-state index in [9.17, 15) is 0 Å². The Kier molecular flexibility index (Phi) is 2.91. The third kappa shape index (κ3) is 2.90. The summed E-state index contributed by atoms with van der Waals surface area (Å²) in [6, 6.07) is 8.15. The molecule has 2 fully saturated rings. The molecule has 0 bridgehead atoms. The zero-order valence-electron chi connectivity index (χ0n) is 9.96. The molecule has 0 aromatic heterocycles. The quantitative estimate of drug-likeness (QED) is 0.696. The molecule has 0 aliphatic carbocycles. The van der Waals surface area contributed by atoms with Crippen molar-refractivity contribution in [3.05, 3.63) is 24.3 Å². The van der Waals surface area contributed by atoms with Crippen LogP contribution in [0.15, 0.2) is 24.3 Å². The fraction of sp³-hybridized carbons (Fsp3) is 0.538. The van der Waals surface area contributed by atoms with Crippen molar-refractivity contribution >= 4 is 5.69 Å². The van der Waals surface area contributed by atoms with Crippen LogP contribution in [0.4, 0.5) is 5.69 Å². The van der Waals surface area contributed by atoms with Crippen LogP contribution >= 0.6 is 0 Å². The van der Waals surface area contributed by atoms with Gasteiger partial charge in [0.05, 0.1) is 32.5 Å². The van der Waals surface area contributed by atoms with Crippen LogP contribution in [0.2, 0.25) is 0 Å². The third-order valence-corrected chi connectivity index (χ3v) is 3.09. The highest BCUT2D eigenvalue weighted by molar-refractivity contribution is 5.49. The van der Waals surface area contributed by atoms with Gasteiger partial charge in [0, 0.05) is 18.8 Å². The number of rotatable bonds is 6. The van der Waals surface area contributed by atoms with Crippen LogP contribution in [-0.2, 0) is 9.47 Å². The summed E-state index contributed by atoms with van der Waals surface area (Å²) < 4.78 is 15.8. The summed E-state index contributed by atoms with van der Waals surface area (Å²) in [6.07, 6.45) is 0.798. The number of anilines is 1. The third-order valence-electron chi connectivity index (χ3n) is 3.09. The lowest BCUT2D eigenvalue weighted by atomic mass is 10.2. The molecule has 0 amide bonds. The van der Waals surface area contributed by atoms with E-state index in [-0.39, 0.29) is 0 Å². The highest BCUT2D eigenvalue weighted by Gasteiger charge is 2.30. The van der Waals surface area contributed by atoms with Crippen LogP contribution in [0.5, 0.6) is 5.75 Å². The Balaban J connectivity index is 1.69. The summed E-state index contributed by atoms with van der Waals surface area (Å²) in [6.45, 7) is 3.68. The van der Waals surface area contributed by atoms with Crippen molar-refractivity contribution in [3.63, 3.8) is 0 Å². The standard InChI is InChI=1S/C13H17NO3/c1-15-11-4-2-10(3-5-11)14(6-12-8-16-12)7-13-9-17-13/h2-5,12-13H,6-9H2,1H3. The van der Waals surface area contributed by atoms with Crippen molar-refractivity contribution in [2.75, 3.05) is 38.3 Å². The van der Waals surface area contributed by atoms with E-state index in [1.807, 2.05) is 12.1 Å². The van der Waals surface area contributed by atoms with Gasteiger partial charge in [-0.3, -0.25) is 0 Å². The first-order chi connectivity index (χ1) is 8.35. The van der Waals surface area contributed by atoms with E-state index in [4.69, 9.17) is 14.2 Å². The Labute approximate surface area is 101 Å². The minimum atomic E-state index is 0.399. The predicted octanol–water partition coefficient (Wildman–Crippen LogP) is 1.30. The molecule has 2 saturated heterocycles. The number of nitrogens with zero attached hydrogens (tertiary/aromatic N) is 1. The van der Waals surface area contributed by atoms with Gasteiger partial charge >= 0.3 is 0 Å². The van der Waals surface area contributed by atoms with Crippen molar-refractivity contribution in [2.24, 2.45) is 0 Å². The molecule has 0 saturated carbocycles. The number of benzene rings is 1. The normalized spacial score (nSPS) is 25.5. The molecular weight excluding hydrogens is 218 g/mol. The largest absolute Gasteiger partial charge is 0.497 e. The van der Waals surface area contributed by atoms with E-state index in [1.165, 1.54) is 5.69 Å². The fourth-order valence-electron chi connectivity index (χ4n) is 1.92. The Morgan fingerprint density at radius 2 is 1.65 bits per heavy atom. The van der Waals surface area contributed by atoms with Crippen molar-refractivity contribution in [1.82, 2.24) is 0 Å². The Morgan fingerprint density at radius 3 is 2.06 bits per heavy atom. The van der Waals surface area contributed by atoms with Crippen LogP contribution in [0.1, 0.15) is 0 Å². The number of ether oxygens (including phenoxy) is 3. The molecule has 17 heavy (non-hydrogen) atoms. The van der Waals surface area contributed by atoms with Crippen molar-refractivity contribution in [1.29, 1.82) is 0 Å². The van der Waals surface area contributed by atoms with Gasteiger partial charge in [-0.25, -0.2) is 0 Å². The average Bonchev–Trinajstić information content (AvgIpc) is 3.23. The zero-order chi connectivity index (χ0) is 11.7. The molecule has 1 aromatic carbocycles. The summed E-state index contributed by atoms with van der Waals surface area (Å²) in [5.41, 5.74) is 1.21. The molecular formula is C13H17NO3. The van der Waals surface area contributed by atoms with Crippen LogP contribution in [0, 0.1) is 0 Å². The molecule has 4 heteroatoms. The fourth-order valence-corrected chi connectivity index (χ4v) is 1.92. The van der Waals surface area contributed by atoms with Gasteiger partial charge in [0.25, 0.3) is 0 Å². The number of methoxy groups -OCH3 is 1. The summed E-state index contributed by atoms with van der Waals surface area (Å²) in [5, 5.41) is 0. The van der Waals surface area contributed by atoms with Gasteiger partial charge in [-0.2, -0.15) is 0 Å². The lowest BCUT2D eigenvalue weighted by Crippen LogP contribution is -2.31. The summed E-state index contributed by atoms with van der Waals surface area (Å²) in [5.74, 6) is 0.888. The van der Waals surface area contributed by atoms with Gasteiger partial charge in [0.1, 0.15) is 5.75 Å². The van der Waals surface area contributed by atoms with E-state index in [0.29, 0.717) is 12.2 Å². The van der Waals surface area contributed by atoms with Crippen LogP contribution in [-0.4, -0.2) is 45.6 Å². The summed E-state index contributed by atoms with van der Waals surface area (Å²) >= 11 is 0. The molecule has 2 unspecified atom stereocenters. The van der Waals surface area contributed by atoms with Crippen LogP contribution in [0.3, 0.4) is 0 Å². The maximum atomic E-state index is 5.30. The molecule has 0 N–H and O–H groups in total. The Morgan fingerprint density at radius 1 is 1.12 bits per heavy atom. The minimum absolute atomic E-state index is 0.399. The monoisotopic (exact) mass is 235 g/mol. The molecule has 4 nitrogen and oxygen atoms in total. The molecule has 1 aromatic rings. The first kappa shape index (κ1) is 10.9. The highest BCUT2D eigenvalue weighted by Crippen LogP contribution is 2.24.